The smallest absolute Gasteiger partial charge is 0.306 e. The van der Waals surface area contributed by atoms with Gasteiger partial charge in [0.05, 0.1) is 34.4 Å². The molecule has 0 aliphatic rings. The molecule has 0 aromatic carbocycles. The van der Waals surface area contributed by atoms with Gasteiger partial charge in [-0.25, -0.2) is 0 Å². The number of quaternary nitrogens is 1. The molecule has 0 saturated carbocycles. The van der Waals surface area contributed by atoms with Gasteiger partial charge < -0.3 is 27.9 Å². The highest BCUT2D eigenvalue weighted by Gasteiger charge is 2.20. The Hall–Kier alpha value is -1.80. The van der Waals surface area contributed by atoms with Crippen molar-refractivity contribution in [3.8, 4) is 0 Å². The van der Waals surface area contributed by atoms with Gasteiger partial charge in [0.1, 0.15) is 19.3 Å². The van der Waals surface area contributed by atoms with E-state index in [1.165, 1.54) is 199 Å². The zero-order valence-corrected chi connectivity index (χ0v) is 48.3. The summed E-state index contributed by atoms with van der Waals surface area (Å²) in [7, 11) is 1.36. The minimum absolute atomic E-state index is 0.0235. The Kier molecular flexibility index (Phi) is 53.1. The van der Waals surface area contributed by atoms with Crippen LogP contribution in [0.15, 0.2) is 60.8 Å². The normalized spacial score (nSPS) is 13.8. The Morgan fingerprint density at radius 2 is 0.775 bits per heavy atom. The van der Waals surface area contributed by atoms with Gasteiger partial charge in [0.15, 0.2) is 0 Å². The number of likely N-dealkylation sites (N-methyl/N-ethyl adjacent to an activating group) is 1. The third-order valence-corrected chi connectivity index (χ3v) is 14.0. The Bertz CT molecular complexity index is 1320. The first-order chi connectivity index (χ1) is 34.6. The van der Waals surface area contributed by atoms with Crippen molar-refractivity contribution in [2.24, 2.45) is 0 Å². The van der Waals surface area contributed by atoms with E-state index in [2.05, 4.69) is 74.6 Å². The molecule has 0 heterocycles. The van der Waals surface area contributed by atoms with E-state index in [0.29, 0.717) is 24.1 Å². The number of phosphoric acid groups is 1. The van der Waals surface area contributed by atoms with Crippen LogP contribution < -0.4 is 4.89 Å². The Morgan fingerprint density at radius 1 is 0.437 bits per heavy atom. The largest absolute Gasteiger partial charge is 0.756 e. The highest BCUT2D eigenvalue weighted by molar-refractivity contribution is 7.45. The van der Waals surface area contributed by atoms with Crippen LogP contribution in [0.4, 0.5) is 0 Å². The molecule has 2 atom stereocenters. The third-order valence-electron chi connectivity index (χ3n) is 13.0. The number of carbonyl (C=O) groups excluding carboxylic acids is 1. The molecule has 0 bridgehead atoms. The molecule has 9 heteroatoms. The minimum Gasteiger partial charge on any atom is -0.756 e. The number of nitrogens with zero attached hydrogens (tertiary/aromatic N) is 1. The molecule has 0 N–H and O–H groups in total. The van der Waals surface area contributed by atoms with Gasteiger partial charge in [-0.2, -0.15) is 0 Å². The van der Waals surface area contributed by atoms with Crippen molar-refractivity contribution in [2.45, 2.75) is 277 Å². The summed E-state index contributed by atoms with van der Waals surface area (Å²) < 4.78 is 34.9. The molecule has 8 nitrogen and oxygen atoms in total. The van der Waals surface area contributed by atoms with Crippen molar-refractivity contribution >= 4 is 13.8 Å². The predicted molar refractivity (Wildman–Crippen MR) is 305 cm³/mol. The minimum atomic E-state index is -4.54. The van der Waals surface area contributed by atoms with E-state index in [4.69, 9.17) is 18.5 Å². The summed E-state index contributed by atoms with van der Waals surface area (Å²) in [5.41, 5.74) is 0. The van der Waals surface area contributed by atoms with Crippen LogP contribution in [-0.2, 0) is 27.9 Å². The van der Waals surface area contributed by atoms with Gasteiger partial charge in [-0.15, -0.1) is 0 Å². The lowest BCUT2D eigenvalue weighted by Gasteiger charge is -2.28. The molecule has 0 aromatic rings. The van der Waals surface area contributed by atoms with Crippen LogP contribution in [0.2, 0.25) is 0 Å². The van der Waals surface area contributed by atoms with Crippen molar-refractivity contribution in [3.63, 3.8) is 0 Å². The van der Waals surface area contributed by atoms with Crippen molar-refractivity contribution < 1.29 is 37.3 Å². The van der Waals surface area contributed by atoms with Crippen molar-refractivity contribution in [1.29, 1.82) is 0 Å². The van der Waals surface area contributed by atoms with E-state index >= 15 is 0 Å². The average molecular weight is 1020 g/mol. The average Bonchev–Trinajstić information content (AvgIpc) is 3.33. The van der Waals surface area contributed by atoms with E-state index in [1.807, 2.05) is 21.1 Å². The van der Waals surface area contributed by atoms with Gasteiger partial charge >= 0.3 is 5.97 Å². The number of carbonyl (C=O) groups is 1. The summed E-state index contributed by atoms with van der Waals surface area (Å²) in [6.07, 6.45) is 71.2. The van der Waals surface area contributed by atoms with Gasteiger partial charge in [0, 0.05) is 13.0 Å². The maximum atomic E-state index is 12.8. The SMILES string of the molecule is CCCCCCC/C=C\C/C=C\C/C=C\CCCCCCCCCCCOCC(COP(=O)([O-])OCC[N+](C)(C)C)OC(=O)CCCCCCCCCCCCCCC/C=C\C/C=C\CCCCCCC. The molecule has 0 radical (unpaired) electrons. The molecule has 416 valence electrons. The molecule has 0 amide bonds. The lowest BCUT2D eigenvalue weighted by Crippen LogP contribution is -2.37. The van der Waals surface area contributed by atoms with Crippen LogP contribution in [0.3, 0.4) is 0 Å². The topological polar surface area (TPSA) is 94.1 Å². The van der Waals surface area contributed by atoms with E-state index in [9.17, 15) is 14.3 Å². The standard InChI is InChI=1S/C62H116NO7P/c1-6-8-10-12-14-16-18-20-22-24-26-28-30-32-33-35-37-39-41-43-45-47-49-51-53-55-62(64)70-61(60-69-71(65,66)68-58-56-63(3,4)5)59-67-57-54-52-50-48-46-44-42-40-38-36-34-31-29-27-25-23-21-19-17-15-13-11-9-7-2/h18-21,24-27,31,34,61H,6-17,22-23,28-30,32-33,35-60H2,1-5H3/b20-18-,21-19-,26-24-,27-25-,34-31-. The number of hydrogen-bond acceptors (Lipinski definition) is 7. The van der Waals surface area contributed by atoms with Gasteiger partial charge in [0.25, 0.3) is 7.82 Å². The molecule has 0 aromatic heterocycles. The van der Waals surface area contributed by atoms with Crippen molar-refractivity contribution in [2.75, 3.05) is 54.1 Å². The number of allylic oxidation sites excluding steroid dienone is 10. The zero-order chi connectivity index (χ0) is 51.9. The van der Waals surface area contributed by atoms with E-state index < -0.39 is 13.9 Å². The maximum Gasteiger partial charge on any atom is 0.306 e. The summed E-state index contributed by atoms with van der Waals surface area (Å²) in [5.74, 6) is -0.335. The van der Waals surface area contributed by atoms with Crippen LogP contribution in [-0.4, -0.2) is 70.7 Å². The molecular weight excluding hydrogens is 902 g/mol. The Balaban J connectivity index is 4.07. The monoisotopic (exact) mass is 1020 g/mol. The van der Waals surface area contributed by atoms with E-state index in [0.717, 1.165) is 51.4 Å². The van der Waals surface area contributed by atoms with Crippen LogP contribution in [0.5, 0.6) is 0 Å². The summed E-state index contributed by atoms with van der Waals surface area (Å²) in [5, 5.41) is 0. The zero-order valence-electron chi connectivity index (χ0n) is 47.4. The quantitative estimate of drug-likeness (QED) is 0.0197. The van der Waals surface area contributed by atoms with Crippen LogP contribution >= 0.6 is 7.82 Å². The fourth-order valence-electron chi connectivity index (χ4n) is 8.41. The van der Waals surface area contributed by atoms with Crippen LogP contribution in [0.25, 0.3) is 0 Å². The fraction of sp³-hybridized carbons (Fsp3) is 0.823. The van der Waals surface area contributed by atoms with Crippen molar-refractivity contribution in [1.82, 2.24) is 0 Å². The summed E-state index contributed by atoms with van der Waals surface area (Å²) in [6, 6.07) is 0. The number of ether oxygens (including phenoxy) is 2. The van der Waals surface area contributed by atoms with Crippen LogP contribution in [0.1, 0.15) is 271 Å². The molecular formula is C62H116NO7P. The van der Waals surface area contributed by atoms with E-state index in [-0.39, 0.29) is 25.8 Å². The number of esters is 1. The molecule has 0 aliphatic carbocycles. The Labute approximate surface area is 440 Å². The lowest BCUT2D eigenvalue weighted by molar-refractivity contribution is -0.870. The Morgan fingerprint density at radius 3 is 1.15 bits per heavy atom. The molecule has 0 spiro atoms. The number of rotatable bonds is 56. The van der Waals surface area contributed by atoms with Gasteiger partial charge in [-0.3, -0.25) is 9.36 Å². The second-order valence-electron chi connectivity index (χ2n) is 21.4. The second kappa shape index (κ2) is 54.5. The first-order valence-electron chi connectivity index (χ1n) is 30.0. The number of hydrogen-bond donors (Lipinski definition) is 0. The molecule has 0 fully saturated rings. The molecule has 0 rings (SSSR count). The summed E-state index contributed by atoms with van der Waals surface area (Å²) >= 11 is 0. The fourth-order valence-corrected chi connectivity index (χ4v) is 9.14. The molecule has 0 aliphatic heterocycles. The van der Waals surface area contributed by atoms with E-state index in [1.54, 1.807) is 0 Å². The second-order valence-corrected chi connectivity index (χ2v) is 22.8. The highest BCUT2D eigenvalue weighted by atomic mass is 31.2. The lowest BCUT2D eigenvalue weighted by atomic mass is 10.0. The third kappa shape index (κ3) is 59.0. The van der Waals surface area contributed by atoms with Gasteiger partial charge in [0.2, 0.25) is 0 Å². The van der Waals surface area contributed by atoms with Gasteiger partial charge in [-0.1, -0.05) is 242 Å². The number of unbranched alkanes of at least 4 members (excludes halogenated alkanes) is 32. The summed E-state index contributed by atoms with van der Waals surface area (Å²) in [6.45, 7) is 5.41. The predicted octanol–water partition coefficient (Wildman–Crippen LogP) is 18.5. The molecule has 2 unspecified atom stereocenters. The maximum absolute atomic E-state index is 12.8. The molecule has 0 saturated heterocycles. The first-order valence-corrected chi connectivity index (χ1v) is 31.5. The highest BCUT2D eigenvalue weighted by Crippen LogP contribution is 2.38. The van der Waals surface area contributed by atoms with Crippen LogP contribution in [0, 0.1) is 0 Å². The van der Waals surface area contributed by atoms with Gasteiger partial charge in [-0.05, 0) is 83.5 Å². The summed E-state index contributed by atoms with van der Waals surface area (Å²) in [4.78, 5) is 25.3. The van der Waals surface area contributed by atoms with Crippen molar-refractivity contribution in [3.05, 3.63) is 60.8 Å². The first kappa shape index (κ1) is 69.2. The number of phosphoric ester groups is 1. The molecule has 71 heavy (non-hydrogen) atoms.